The van der Waals surface area contributed by atoms with Gasteiger partial charge in [0.05, 0.1) is 0 Å². The molecule has 0 saturated carbocycles. The number of hydrogen-bond acceptors (Lipinski definition) is 3. The molecule has 0 aliphatic rings. The normalized spacial score (nSPS) is 10.2. The summed E-state index contributed by atoms with van der Waals surface area (Å²) < 4.78 is 0. The molecule has 0 aliphatic heterocycles. The van der Waals surface area contributed by atoms with Crippen LogP contribution >= 0.6 is 11.6 Å². The highest BCUT2D eigenvalue weighted by atomic mass is 35.5. The van der Waals surface area contributed by atoms with E-state index in [9.17, 15) is 4.79 Å². The van der Waals surface area contributed by atoms with E-state index in [1.807, 2.05) is 30.3 Å². The number of hydrogen-bond donors (Lipinski definition) is 1. The smallest absolute Gasteiger partial charge is 0.272 e. The Morgan fingerprint density at radius 1 is 1.25 bits per heavy atom. The molecular weight excluding hydrogens is 274 g/mol. The van der Waals surface area contributed by atoms with Gasteiger partial charge < -0.3 is 10.2 Å². The van der Waals surface area contributed by atoms with Gasteiger partial charge in [0.1, 0.15) is 5.69 Å². The lowest BCUT2D eigenvalue weighted by atomic mass is 10.2. The van der Waals surface area contributed by atoms with E-state index in [-0.39, 0.29) is 5.91 Å². The van der Waals surface area contributed by atoms with Crippen LogP contribution in [0.2, 0.25) is 5.02 Å². The summed E-state index contributed by atoms with van der Waals surface area (Å²) in [5, 5.41) is 3.98. The van der Waals surface area contributed by atoms with Gasteiger partial charge in [-0.1, -0.05) is 23.7 Å². The molecule has 5 heteroatoms. The molecule has 0 saturated heterocycles. The molecule has 20 heavy (non-hydrogen) atoms. The van der Waals surface area contributed by atoms with Crippen LogP contribution in [0.5, 0.6) is 0 Å². The highest BCUT2D eigenvalue weighted by molar-refractivity contribution is 6.30. The Morgan fingerprint density at radius 3 is 2.60 bits per heavy atom. The van der Waals surface area contributed by atoms with Gasteiger partial charge in [-0.3, -0.25) is 9.78 Å². The number of carbonyl (C=O) groups excluding carboxylic acids is 1. The zero-order valence-electron chi connectivity index (χ0n) is 11.4. The van der Waals surface area contributed by atoms with E-state index in [2.05, 4.69) is 10.3 Å². The van der Waals surface area contributed by atoms with Crippen LogP contribution < -0.4 is 5.32 Å². The van der Waals surface area contributed by atoms with Crippen LogP contribution in [-0.2, 0) is 6.54 Å². The summed E-state index contributed by atoms with van der Waals surface area (Å²) in [6.45, 7) is 0.663. The number of aromatic nitrogens is 1. The number of nitrogens with one attached hydrogen (secondary N) is 1. The van der Waals surface area contributed by atoms with Crippen molar-refractivity contribution in [2.24, 2.45) is 0 Å². The average Bonchev–Trinajstić information content (AvgIpc) is 2.46. The predicted molar refractivity (Wildman–Crippen MR) is 81.0 cm³/mol. The molecule has 0 aliphatic carbocycles. The monoisotopic (exact) mass is 289 g/mol. The molecule has 4 nitrogen and oxygen atoms in total. The van der Waals surface area contributed by atoms with Crippen LogP contribution in [-0.4, -0.2) is 29.9 Å². The molecule has 2 rings (SSSR count). The lowest BCUT2D eigenvalue weighted by Gasteiger charge is -2.11. The Kier molecular flexibility index (Phi) is 4.58. The second-order valence-electron chi connectivity index (χ2n) is 4.61. The molecular formula is C15H16ClN3O. The summed E-state index contributed by atoms with van der Waals surface area (Å²) in [6, 6.07) is 11.2. The van der Waals surface area contributed by atoms with Crippen molar-refractivity contribution in [3.05, 3.63) is 58.9 Å². The SMILES string of the molecule is CN(C)C(=O)c1cc(NCc2ccc(Cl)cc2)ccn1. The quantitative estimate of drug-likeness (QED) is 0.941. The first-order chi connectivity index (χ1) is 9.56. The van der Waals surface area contributed by atoms with Crippen molar-refractivity contribution < 1.29 is 4.79 Å². The first-order valence-electron chi connectivity index (χ1n) is 6.22. The highest BCUT2D eigenvalue weighted by Crippen LogP contribution is 2.13. The maximum atomic E-state index is 11.8. The molecule has 0 unspecified atom stereocenters. The van der Waals surface area contributed by atoms with Crippen molar-refractivity contribution in [3.63, 3.8) is 0 Å². The van der Waals surface area contributed by atoms with Gasteiger partial charge in [0, 0.05) is 37.5 Å². The van der Waals surface area contributed by atoms with Gasteiger partial charge in [0.15, 0.2) is 0 Å². The maximum Gasteiger partial charge on any atom is 0.272 e. The number of anilines is 1. The second kappa shape index (κ2) is 6.39. The number of carbonyl (C=O) groups is 1. The zero-order valence-corrected chi connectivity index (χ0v) is 12.2. The lowest BCUT2D eigenvalue weighted by Crippen LogP contribution is -2.22. The number of amides is 1. The van der Waals surface area contributed by atoms with Gasteiger partial charge in [-0.05, 0) is 29.8 Å². The number of rotatable bonds is 4. The molecule has 1 aromatic heterocycles. The Bertz CT molecular complexity index is 596. The third kappa shape index (κ3) is 3.71. The molecule has 0 atom stereocenters. The molecule has 104 valence electrons. The zero-order chi connectivity index (χ0) is 14.5. The Morgan fingerprint density at radius 2 is 1.95 bits per heavy atom. The standard InChI is InChI=1S/C15H16ClN3O/c1-19(2)15(20)14-9-13(7-8-17-14)18-10-11-3-5-12(16)6-4-11/h3-9H,10H2,1-2H3,(H,17,18). The number of halogens is 1. The fraction of sp³-hybridized carbons (Fsp3) is 0.200. The molecule has 1 heterocycles. The van der Waals surface area contributed by atoms with Crippen molar-refractivity contribution >= 4 is 23.2 Å². The van der Waals surface area contributed by atoms with E-state index in [1.54, 1.807) is 26.4 Å². The van der Waals surface area contributed by atoms with E-state index >= 15 is 0 Å². The Labute approximate surface area is 123 Å². The first kappa shape index (κ1) is 14.3. The minimum absolute atomic E-state index is 0.111. The molecule has 0 bridgehead atoms. The van der Waals surface area contributed by atoms with Gasteiger partial charge in [-0.15, -0.1) is 0 Å². The summed E-state index contributed by atoms with van der Waals surface area (Å²) >= 11 is 5.84. The molecule has 1 amide bonds. The van der Waals surface area contributed by atoms with Gasteiger partial charge in [-0.2, -0.15) is 0 Å². The largest absolute Gasteiger partial charge is 0.381 e. The van der Waals surface area contributed by atoms with Crippen LogP contribution in [0.15, 0.2) is 42.6 Å². The molecule has 0 spiro atoms. The number of nitrogens with zero attached hydrogens (tertiary/aromatic N) is 2. The van der Waals surface area contributed by atoms with Crippen molar-refractivity contribution in [3.8, 4) is 0 Å². The summed E-state index contributed by atoms with van der Waals surface area (Å²) in [5.41, 5.74) is 2.41. The van der Waals surface area contributed by atoms with E-state index in [0.29, 0.717) is 12.2 Å². The Balaban J connectivity index is 2.05. The minimum Gasteiger partial charge on any atom is -0.381 e. The summed E-state index contributed by atoms with van der Waals surface area (Å²) in [5.74, 6) is -0.111. The van der Waals surface area contributed by atoms with Gasteiger partial charge in [0.25, 0.3) is 5.91 Å². The van der Waals surface area contributed by atoms with E-state index < -0.39 is 0 Å². The summed E-state index contributed by atoms with van der Waals surface area (Å²) in [7, 11) is 3.41. The fourth-order valence-electron chi connectivity index (χ4n) is 1.69. The van der Waals surface area contributed by atoms with Crippen LogP contribution in [0.25, 0.3) is 0 Å². The van der Waals surface area contributed by atoms with Crippen LogP contribution in [0.1, 0.15) is 16.1 Å². The van der Waals surface area contributed by atoms with E-state index in [0.717, 1.165) is 16.3 Å². The minimum atomic E-state index is -0.111. The van der Waals surface area contributed by atoms with Crippen LogP contribution in [0.4, 0.5) is 5.69 Å². The van der Waals surface area contributed by atoms with Crippen LogP contribution in [0.3, 0.4) is 0 Å². The summed E-state index contributed by atoms with van der Waals surface area (Å²) in [4.78, 5) is 17.4. The fourth-order valence-corrected chi connectivity index (χ4v) is 1.82. The average molecular weight is 290 g/mol. The van der Waals surface area contributed by atoms with Gasteiger partial charge in [-0.25, -0.2) is 0 Å². The molecule has 2 aromatic rings. The van der Waals surface area contributed by atoms with Crippen molar-refractivity contribution in [2.45, 2.75) is 6.54 Å². The van der Waals surface area contributed by atoms with Crippen molar-refractivity contribution in [1.82, 2.24) is 9.88 Å². The third-order valence-electron chi connectivity index (χ3n) is 2.80. The lowest BCUT2D eigenvalue weighted by molar-refractivity contribution is 0.0822. The highest BCUT2D eigenvalue weighted by Gasteiger charge is 2.09. The van der Waals surface area contributed by atoms with Gasteiger partial charge in [0.2, 0.25) is 0 Å². The molecule has 1 N–H and O–H groups in total. The second-order valence-corrected chi connectivity index (χ2v) is 5.05. The first-order valence-corrected chi connectivity index (χ1v) is 6.60. The summed E-state index contributed by atoms with van der Waals surface area (Å²) in [6.07, 6.45) is 1.63. The molecule has 1 aromatic carbocycles. The van der Waals surface area contributed by atoms with Crippen LogP contribution in [0, 0.1) is 0 Å². The molecule has 0 radical (unpaired) electrons. The predicted octanol–water partition coefficient (Wildman–Crippen LogP) is 3.05. The van der Waals surface area contributed by atoms with E-state index in [4.69, 9.17) is 11.6 Å². The van der Waals surface area contributed by atoms with Crippen molar-refractivity contribution in [1.29, 1.82) is 0 Å². The van der Waals surface area contributed by atoms with Gasteiger partial charge >= 0.3 is 0 Å². The van der Waals surface area contributed by atoms with E-state index in [1.165, 1.54) is 4.90 Å². The third-order valence-corrected chi connectivity index (χ3v) is 3.05. The van der Waals surface area contributed by atoms with Crippen molar-refractivity contribution in [2.75, 3.05) is 19.4 Å². The molecule has 0 fully saturated rings. The maximum absolute atomic E-state index is 11.8. The topological polar surface area (TPSA) is 45.2 Å². The Hall–Kier alpha value is -2.07. The number of pyridine rings is 1. The number of benzene rings is 1.